The molecule has 0 aliphatic rings. The monoisotopic (exact) mass is 271 g/mol. The third-order valence-corrected chi connectivity index (χ3v) is 3.44. The van der Waals surface area contributed by atoms with Gasteiger partial charge in [-0.2, -0.15) is 0 Å². The van der Waals surface area contributed by atoms with Crippen molar-refractivity contribution in [1.29, 1.82) is 0 Å². The molecule has 0 fully saturated rings. The summed E-state index contributed by atoms with van der Waals surface area (Å²) in [5, 5.41) is 3.36. The summed E-state index contributed by atoms with van der Waals surface area (Å²) >= 11 is 0. The molecule has 106 valence electrons. The van der Waals surface area contributed by atoms with E-state index in [1.54, 1.807) is 14.2 Å². The molecule has 0 aliphatic heterocycles. The zero-order valence-electron chi connectivity index (χ0n) is 12.2. The van der Waals surface area contributed by atoms with Crippen LogP contribution in [-0.2, 0) is 6.42 Å². The van der Waals surface area contributed by atoms with E-state index in [-0.39, 0.29) is 6.04 Å². The Morgan fingerprint density at radius 3 is 2.25 bits per heavy atom. The summed E-state index contributed by atoms with van der Waals surface area (Å²) in [4.78, 5) is 0. The van der Waals surface area contributed by atoms with Crippen LogP contribution >= 0.6 is 0 Å². The number of likely N-dealkylation sites (N-methyl/N-ethyl adjacent to an activating group) is 1. The van der Waals surface area contributed by atoms with E-state index < -0.39 is 0 Å². The molecular weight excluding hydrogens is 250 g/mol. The largest absolute Gasteiger partial charge is 0.493 e. The molecule has 0 saturated carbocycles. The van der Waals surface area contributed by atoms with Gasteiger partial charge in [0, 0.05) is 6.04 Å². The quantitative estimate of drug-likeness (QED) is 0.875. The predicted octanol–water partition coefficient (Wildman–Crippen LogP) is 3.21. The molecule has 3 heteroatoms. The maximum absolute atomic E-state index is 5.37. The van der Waals surface area contributed by atoms with Gasteiger partial charge in [-0.15, -0.1) is 0 Å². The lowest BCUT2D eigenvalue weighted by Gasteiger charge is -2.18. The summed E-state index contributed by atoms with van der Waals surface area (Å²) in [6.07, 6.45) is 0.937. The van der Waals surface area contributed by atoms with Crippen LogP contribution < -0.4 is 14.8 Å². The van der Waals surface area contributed by atoms with Crippen molar-refractivity contribution in [3.05, 3.63) is 59.7 Å². The molecule has 0 saturated heterocycles. The molecule has 2 rings (SSSR count). The van der Waals surface area contributed by atoms with E-state index in [1.165, 1.54) is 11.1 Å². The van der Waals surface area contributed by atoms with E-state index >= 15 is 0 Å². The molecule has 0 aromatic heterocycles. The number of methoxy groups -OCH3 is 2. The molecular formula is C17H21NO2. The van der Waals surface area contributed by atoms with Crippen molar-refractivity contribution in [2.45, 2.75) is 12.5 Å². The Kier molecular flexibility index (Phi) is 5.02. The van der Waals surface area contributed by atoms with Crippen LogP contribution in [-0.4, -0.2) is 21.3 Å². The van der Waals surface area contributed by atoms with Gasteiger partial charge in [-0.25, -0.2) is 0 Å². The number of nitrogens with one attached hydrogen (secondary N) is 1. The average molecular weight is 271 g/mol. The fourth-order valence-electron chi connectivity index (χ4n) is 2.31. The zero-order valence-corrected chi connectivity index (χ0v) is 12.2. The number of hydrogen-bond donors (Lipinski definition) is 1. The number of rotatable bonds is 6. The van der Waals surface area contributed by atoms with Crippen LogP contribution in [0.4, 0.5) is 0 Å². The molecule has 3 nitrogen and oxygen atoms in total. The van der Waals surface area contributed by atoms with Crippen molar-refractivity contribution in [2.75, 3.05) is 21.3 Å². The topological polar surface area (TPSA) is 30.5 Å². The van der Waals surface area contributed by atoms with Gasteiger partial charge in [-0.05, 0) is 36.7 Å². The Hall–Kier alpha value is -2.00. The predicted molar refractivity (Wildman–Crippen MR) is 81.5 cm³/mol. The highest BCUT2D eigenvalue weighted by molar-refractivity contribution is 5.44. The molecule has 1 N–H and O–H groups in total. The summed E-state index contributed by atoms with van der Waals surface area (Å²) in [7, 11) is 5.29. The molecule has 0 heterocycles. The minimum Gasteiger partial charge on any atom is -0.493 e. The molecule has 20 heavy (non-hydrogen) atoms. The molecule has 1 atom stereocenters. The summed E-state index contributed by atoms with van der Waals surface area (Å²) in [6, 6.07) is 16.8. The maximum Gasteiger partial charge on any atom is 0.161 e. The molecule has 0 amide bonds. The lowest BCUT2D eigenvalue weighted by Crippen LogP contribution is -2.18. The van der Waals surface area contributed by atoms with Gasteiger partial charge in [0.2, 0.25) is 0 Å². The van der Waals surface area contributed by atoms with E-state index in [0.29, 0.717) is 0 Å². The second-order valence-electron chi connectivity index (χ2n) is 4.65. The van der Waals surface area contributed by atoms with E-state index in [0.717, 1.165) is 17.9 Å². The average Bonchev–Trinajstić information content (AvgIpc) is 2.53. The minimum absolute atomic E-state index is 0.247. The Bertz CT molecular complexity index is 540. The summed E-state index contributed by atoms with van der Waals surface area (Å²) in [5.74, 6) is 1.52. The van der Waals surface area contributed by atoms with Crippen LogP contribution in [0.25, 0.3) is 0 Å². The van der Waals surface area contributed by atoms with Crippen LogP contribution in [0.3, 0.4) is 0 Å². The Morgan fingerprint density at radius 2 is 1.65 bits per heavy atom. The number of benzene rings is 2. The van der Waals surface area contributed by atoms with Crippen molar-refractivity contribution in [3.63, 3.8) is 0 Å². The highest BCUT2D eigenvalue weighted by atomic mass is 16.5. The minimum atomic E-state index is 0.247. The smallest absolute Gasteiger partial charge is 0.161 e. The first kappa shape index (κ1) is 14.4. The fraction of sp³-hybridized carbons (Fsp3) is 0.294. The van der Waals surface area contributed by atoms with E-state index in [2.05, 4.69) is 35.6 Å². The van der Waals surface area contributed by atoms with Gasteiger partial charge >= 0.3 is 0 Å². The second-order valence-corrected chi connectivity index (χ2v) is 4.65. The van der Waals surface area contributed by atoms with E-state index in [4.69, 9.17) is 9.47 Å². The Balaban J connectivity index is 2.23. The molecule has 0 aliphatic carbocycles. The van der Waals surface area contributed by atoms with Gasteiger partial charge in [0.25, 0.3) is 0 Å². The van der Waals surface area contributed by atoms with Gasteiger partial charge in [-0.1, -0.05) is 36.4 Å². The molecule has 0 spiro atoms. The fourth-order valence-corrected chi connectivity index (χ4v) is 2.31. The Morgan fingerprint density at radius 1 is 0.950 bits per heavy atom. The first-order chi connectivity index (χ1) is 9.78. The van der Waals surface area contributed by atoms with E-state index in [1.807, 2.05) is 25.2 Å². The van der Waals surface area contributed by atoms with Gasteiger partial charge < -0.3 is 14.8 Å². The summed E-state index contributed by atoms with van der Waals surface area (Å²) < 4.78 is 10.6. The van der Waals surface area contributed by atoms with Gasteiger partial charge in [-0.3, -0.25) is 0 Å². The van der Waals surface area contributed by atoms with Gasteiger partial charge in [0.05, 0.1) is 14.2 Å². The van der Waals surface area contributed by atoms with Gasteiger partial charge in [0.1, 0.15) is 0 Å². The lowest BCUT2D eigenvalue weighted by molar-refractivity contribution is 0.354. The third kappa shape index (κ3) is 3.31. The first-order valence-corrected chi connectivity index (χ1v) is 6.71. The lowest BCUT2D eigenvalue weighted by atomic mass is 9.98. The van der Waals surface area contributed by atoms with Crippen LogP contribution in [0.15, 0.2) is 48.5 Å². The van der Waals surface area contributed by atoms with Crippen LogP contribution in [0.1, 0.15) is 17.2 Å². The van der Waals surface area contributed by atoms with Crippen molar-refractivity contribution in [3.8, 4) is 11.5 Å². The van der Waals surface area contributed by atoms with Crippen molar-refractivity contribution in [2.24, 2.45) is 0 Å². The summed E-state index contributed by atoms with van der Waals surface area (Å²) in [6.45, 7) is 0. The van der Waals surface area contributed by atoms with Crippen molar-refractivity contribution >= 4 is 0 Å². The molecule has 1 unspecified atom stereocenters. The summed E-state index contributed by atoms with van der Waals surface area (Å²) in [5.41, 5.74) is 2.50. The highest BCUT2D eigenvalue weighted by Gasteiger charge is 2.13. The molecule has 0 bridgehead atoms. The SMILES string of the molecule is CNC(Cc1ccccc1)c1ccc(OC)c(OC)c1. The van der Waals surface area contributed by atoms with E-state index in [9.17, 15) is 0 Å². The van der Waals surface area contributed by atoms with Crippen LogP contribution in [0.5, 0.6) is 11.5 Å². The second kappa shape index (κ2) is 6.96. The molecule has 0 radical (unpaired) electrons. The van der Waals surface area contributed by atoms with Crippen LogP contribution in [0, 0.1) is 0 Å². The normalized spacial score (nSPS) is 11.9. The third-order valence-electron chi connectivity index (χ3n) is 3.44. The van der Waals surface area contributed by atoms with Crippen molar-refractivity contribution < 1.29 is 9.47 Å². The first-order valence-electron chi connectivity index (χ1n) is 6.71. The van der Waals surface area contributed by atoms with Crippen LogP contribution in [0.2, 0.25) is 0 Å². The Labute approximate surface area is 120 Å². The maximum atomic E-state index is 5.37. The highest BCUT2D eigenvalue weighted by Crippen LogP contribution is 2.30. The van der Waals surface area contributed by atoms with Gasteiger partial charge in [0.15, 0.2) is 11.5 Å². The number of hydrogen-bond acceptors (Lipinski definition) is 3. The number of ether oxygens (including phenoxy) is 2. The molecule has 2 aromatic rings. The van der Waals surface area contributed by atoms with Crippen molar-refractivity contribution in [1.82, 2.24) is 5.32 Å². The zero-order chi connectivity index (χ0) is 14.4. The standard InChI is InChI=1S/C17H21NO2/c1-18-15(11-13-7-5-4-6-8-13)14-9-10-16(19-2)17(12-14)20-3/h4-10,12,15,18H,11H2,1-3H3. The molecule has 2 aromatic carbocycles.